The van der Waals surface area contributed by atoms with Crippen LogP contribution in [0.4, 0.5) is 0 Å². The first-order valence-corrected chi connectivity index (χ1v) is 5.99. The van der Waals surface area contributed by atoms with Gasteiger partial charge in [0.05, 0.1) is 12.8 Å². The second-order valence-corrected chi connectivity index (χ2v) is 4.47. The largest absolute Gasteiger partial charge is 0.496 e. The van der Waals surface area contributed by atoms with E-state index >= 15 is 0 Å². The summed E-state index contributed by atoms with van der Waals surface area (Å²) in [5.41, 5.74) is 9.45. The molecule has 2 N–H and O–H groups in total. The zero-order valence-electron chi connectivity index (χ0n) is 11.1. The van der Waals surface area contributed by atoms with Crippen molar-refractivity contribution in [3.63, 3.8) is 0 Å². The quantitative estimate of drug-likeness (QED) is 0.896. The number of methoxy groups -OCH3 is 1. The Morgan fingerprint density at radius 2 is 2.11 bits per heavy atom. The fourth-order valence-electron chi connectivity index (χ4n) is 2.20. The molecule has 0 spiro atoms. The Balaban J connectivity index is 2.21. The van der Waals surface area contributed by atoms with E-state index in [1.165, 1.54) is 0 Å². The van der Waals surface area contributed by atoms with Gasteiger partial charge in [0.1, 0.15) is 5.75 Å². The maximum absolute atomic E-state index is 6.26. The van der Waals surface area contributed by atoms with Gasteiger partial charge in [-0.1, -0.05) is 18.2 Å². The molecular formula is C14H19N3O. The van der Waals surface area contributed by atoms with Gasteiger partial charge in [0.15, 0.2) is 0 Å². The second-order valence-electron chi connectivity index (χ2n) is 4.47. The molecule has 1 aromatic heterocycles. The van der Waals surface area contributed by atoms with E-state index in [1.807, 2.05) is 44.4 Å². The van der Waals surface area contributed by atoms with Crippen LogP contribution in [-0.2, 0) is 13.5 Å². The number of nitrogens with zero attached hydrogens (tertiary/aromatic N) is 2. The molecule has 0 radical (unpaired) electrons. The van der Waals surface area contributed by atoms with Crippen molar-refractivity contribution in [3.05, 3.63) is 47.3 Å². The molecule has 0 bridgehead atoms. The van der Waals surface area contributed by atoms with Gasteiger partial charge in [-0.25, -0.2) is 0 Å². The second kappa shape index (κ2) is 5.23. The van der Waals surface area contributed by atoms with Crippen molar-refractivity contribution in [1.29, 1.82) is 0 Å². The van der Waals surface area contributed by atoms with Crippen LogP contribution in [0.1, 0.15) is 22.9 Å². The smallest absolute Gasteiger partial charge is 0.122 e. The molecule has 0 aliphatic carbocycles. The summed E-state index contributed by atoms with van der Waals surface area (Å²) in [7, 11) is 3.59. The lowest BCUT2D eigenvalue weighted by molar-refractivity contribution is 0.408. The zero-order chi connectivity index (χ0) is 13.1. The van der Waals surface area contributed by atoms with Crippen molar-refractivity contribution in [2.75, 3.05) is 7.11 Å². The minimum atomic E-state index is -0.0602. The fourth-order valence-corrected chi connectivity index (χ4v) is 2.20. The number of aromatic nitrogens is 2. The van der Waals surface area contributed by atoms with Crippen LogP contribution in [0.15, 0.2) is 30.5 Å². The van der Waals surface area contributed by atoms with E-state index in [0.717, 1.165) is 29.0 Å². The number of aryl methyl sites for hydroxylation is 2. The molecule has 18 heavy (non-hydrogen) atoms. The van der Waals surface area contributed by atoms with Crippen molar-refractivity contribution in [2.24, 2.45) is 12.8 Å². The summed E-state index contributed by atoms with van der Waals surface area (Å²) >= 11 is 0. The third-order valence-corrected chi connectivity index (χ3v) is 3.08. The van der Waals surface area contributed by atoms with Gasteiger partial charge >= 0.3 is 0 Å². The van der Waals surface area contributed by atoms with E-state index in [0.29, 0.717) is 0 Å². The first kappa shape index (κ1) is 12.6. The Hall–Kier alpha value is -1.81. The Kier molecular flexibility index (Phi) is 3.67. The molecule has 0 fully saturated rings. The topological polar surface area (TPSA) is 53.1 Å². The molecule has 1 unspecified atom stereocenters. The maximum Gasteiger partial charge on any atom is 0.122 e. The molecule has 2 aromatic rings. The van der Waals surface area contributed by atoms with E-state index in [1.54, 1.807) is 11.8 Å². The Bertz CT molecular complexity index is 534. The summed E-state index contributed by atoms with van der Waals surface area (Å²) in [6.45, 7) is 1.98. The van der Waals surface area contributed by atoms with Gasteiger partial charge in [-0.15, -0.1) is 0 Å². The summed E-state index contributed by atoms with van der Waals surface area (Å²) < 4.78 is 7.14. The molecular weight excluding hydrogens is 226 g/mol. The predicted octanol–water partition coefficient (Wildman–Crippen LogP) is 1.98. The average molecular weight is 245 g/mol. The third-order valence-electron chi connectivity index (χ3n) is 3.08. The number of hydrogen-bond donors (Lipinski definition) is 1. The SMILES string of the molecule is COc1ccccc1CC(N)c1cn(C)nc1C. The zero-order valence-corrected chi connectivity index (χ0v) is 11.1. The predicted molar refractivity (Wildman–Crippen MR) is 71.6 cm³/mol. The maximum atomic E-state index is 6.26. The first-order valence-electron chi connectivity index (χ1n) is 5.99. The molecule has 0 aliphatic rings. The average Bonchev–Trinajstić information content (AvgIpc) is 2.69. The van der Waals surface area contributed by atoms with Crippen LogP contribution >= 0.6 is 0 Å². The summed E-state index contributed by atoms with van der Waals surface area (Å²) in [6, 6.07) is 7.90. The highest BCUT2D eigenvalue weighted by Gasteiger charge is 2.14. The van der Waals surface area contributed by atoms with Crippen molar-refractivity contribution in [1.82, 2.24) is 9.78 Å². The van der Waals surface area contributed by atoms with Crippen molar-refractivity contribution >= 4 is 0 Å². The summed E-state index contributed by atoms with van der Waals surface area (Å²) in [5, 5.41) is 4.32. The highest BCUT2D eigenvalue weighted by molar-refractivity contribution is 5.35. The van der Waals surface area contributed by atoms with Crippen molar-refractivity contribution in [2.45, 2.75) is 19.4 Å². The molecule has 96 valence electrons. The van der Waals surface area contributed by atoms with Gasteiger partial charge in [-0.2, -0.15) is 5.10 Å². The van der Waals surface area contributed by atoms with Crippen LogP contribution in [0.3, 0.4) is 0 Å². The van der Waals surface area contributed by atoms with E-state index in [-0.39, 0.29) is 6.04 Å². The van der Waals surface area contributed by atoms with Gasteiger partial charge < -0.3 is 10.5 Å². The summed E-state index contributed by atoms with van der Waals surface area (Å²) in [6.07, 6.45) is 2.73. The molecule has 0 saturated heterocycles. The Morgan fingerprint density at radius 3 is 2.72 bits per heavy atom. The Morgan fingerprint density at radius 1 is 1.39 bits per heavy atom. The minimum Gasteiger partial charge on any atom is -0.496 e. The highest BCUT2D eigenvalue weighted by atomic mass is 16.5. The van der Waals surface area contributed by atoms with Crippen LogP contribution in [0.25, 0.3) is 0 Å². The van der Waals surface area contributed by atoms with E-state index < -0.39 is 0 Å². The number of nitrogens with two attached hydrogens (primary N) is 1. The summed E-state index contributed by atoms with van der Waals surface area (Å²) in [4.78, 5) is 0. The lowest BCUT2D eigenvalue weighted by Gasteiger charge is -2.13. The molecule has 0 amide bonds. The van der Waals surface area contributed by atoms with Gasteiger partial charge in [-0.3, -0.25) is 4.68 Å². The third kappa shape index (κ3) is 2.54. The number of rotatable bonds is 4. The molecule has 4 heteroatoms. The van der Waals surface area contributed by atoms with Gasteiger partial charge in [-0.05, 0) is 25.0 Å². The van der Waals surface area contributed by atoms with E-state index in [9.17, 15) is 0 Å². The van der Waals surface area contributed by atoms with Gasteiger partial charge in [0, 0.05) is 24.8 Å². The lowest BCUT2D eigenvalue weighted by Crippen LogP contribution is -2.14. The van der Waals surface area contributed by atoms with Crippen LogP contribution in [0, 0.1) is 6.92 Å². The molecule has 1 heterocycles. The molecule has 0 aliphatic heterocycles. The monoisotopic (exact) mass is 245 g/mol. The fraction of sp³-hybridized carbons (Fsp3) is 0.357. The number of hydrogen-bond acceptors (Lipinski definition) is 3. The lowest BCUT2D eigenvalue weighted by atomic mass is 10.00. The molecule has 1 atom stereocenters. The molecule has 4 nitrogen and oxygen atoms in total. The number of benzene rings is 1. The number of ether oxygens (including phenoxy) is 1. The Labute approximate surface area is 107 Å². The molecule has 0 saturated carbocycles. The van der Waals surface area contributed by atoms with Gasteiger partial charge in [0.25, 0.3) is 0 Å². The molecule has 1 aromatic carbocycles. The molecule has 2 rings (SSSR count). The van der Waals surface area contributed by atoms with Crippen LogP contribution in [0.2, 0.25) is 0 Å². The van der Waals surface area contributed by atoms with Crippen molar-refractivity contribution < 1.29 is 4.74 Å². The van der Waals surface area contributed by atoms with Crippen LogP contribution in [-0.4, -0.2) is 16.9 Å². The van der Waals surface area contributed by atoms with Crippen LogP contribution in [0.5, 0.6) is 5.75 Å². The van der Waals surface area contributed by atoms with Crippen molar-refractivity contribution in [3.8, 4) is 5.75 Å². The number of para-hydroxylation sites is 1. The van der Waals surface area contributed by atoms with E-state index in [4.69, 9.17) is 10.5 Å². The van der Waals surface area contributed by atoms with Crippen LogP contribution < -0.4 is 10.5 Å². The normalized spacial score (nSPS) is 12.4. The summed E-state index contributed by atoms with van der Waals surface area (Å²) in [5.74, 6) is 0.884. The van der Waals surface area contributed by atoms with Gasteiger partial charge in [0.2, 0.25) is 0 Å². The highest BCUT2D eigenvalue weighted by Crippen LogP contribution is 2.24. The standard InChI is InChI=1S/C14H19N3O/c1-10-12(9-17(2)16-10)13(15)8-11-6-4-5-7-14(11)18-3/h4-7,9,13H,8,15H2,1-3H3. The minimum absolute atomic E-state index is 0.0602. The first-order chi connectivity index (χ1) is 8.61. The van der Waals surface area contributed by atoms with E-state index in [2.05, 4.69) is 5.10 Å².